The standard InChI is InChI=1S/C17H17N3O2/c21-16-10-9-15(20(16)14-7-2-1-3-8-14)17(22)19-12-13-6-4-5-11-18-13/h1-8,11,15H,9-10,12H2,(H,19,22). The molecule has 1 N–H and O–H groups in total. The van der Waals surface area contributed by atoms with Crippen LogP contribution < -0.4 is 10.2 Å². The summed E-state index contributed by atoms with van der Waals surface area (Å²) >= 11 is 0. The largest absolute Gasteiger partial charge is 0.349 e. The molecule has 1 fully saturated rings. The van der Waals surface area contributed by atoms with E-state index in [0.717, 1.165) is 11.4 Å². The number of anilines is 1. The van der Waals surface area contributed by atoms with Crippen LogP contribution in [0.15, 0.2) is 54.7 Å². The van der Waals surface area contributed by atoms with E-state index in [-0.39, 0.29) is 11.8 Å². The van der Waals surface area contributed by atoms with Crippen LogP contribution in [0.3, 0.4) is 0 Å². The lowest BCUT2D eigenvalue weighted by atomic mass is 10.2. The summed E-state index contributed by atoms with van der Waals surface area (Å²) in [5.74, 6) is -0.149. The number of rotatable bonds is 4. The first-order valence-corrected chi connectivity index (χ1v) is 7.30. The zero-order valence-electron chi connectivity index (χ0n) is 12.1. The molecule has 1 aromatic carbocycles. The van der Waals surface area contributed by atoms with E-state index in [0.29, 0.717) is 19.4 Å². The van der Waals surface area contributed by atoms with E-state index in [1.165, 1.54) is 0 Å². The maximum absolute atomic E-state index is 12.4. The van der Waals surface area contributed by atoms with Crippen molar-refractivity contribution < 1.29 is 9.59 Å². The quantitative estimate of drug-likeness (QED) is 0.937. The van der Waals surface area contributed by atoms with Crippen molar-refractivity contribution in [1.82, 2.24) is 10.3 Å². The summed E-state index contributed by atoms with van der Waals surface area (Å²) in [6.45, 7) is 0.368. The first-order valence-electron chi connectivity index (χ1n) is 7.30. The van der Waals surface area contributed by atoms with Gasteiger partial charge in [-0.1, -0.05) is 24.3 Å². The number of benzene rings is 1. The Labute approximate surface area is 129 Å². The lowest BCUT2D eigenvalue weighted by Crippen LogP contribution is -2.44. The highest BCUT2D eigenvalue weighted by Crippen LogP contribution is 2.26. The van der Waals surface area contributed by atoms with Crippen LogP contribution >= 0.6 is 0 Å². The smallest absolute Gasteiger partial charge is 0.243 e. The molecule has 1 aliphatic rings. The molecular formula is C17H17N3O2. The summed E-state index contributed by atoms with van der Waals surface area (Å²) in [7, 11) is 0. The van der Waals surface area contributed by atoms with E-state index in [1.807, 2.05) is 48.5 Å². The van der Waals surface area contributed by atoms with Crippen LogP contribution in [0.2, 0.25) is 0 Å². The Morgan fingerprint density at radius 1 is 1.18 bits per heavy atom. The van der Waals surface area contributed by atoms with E-state index >= 15 is 0 Å². The second-order valence-electron chi connectivity index (χ2n) is 5.19. The molecule has 2 amide bonds. The predicted octanol–water partition coefficient (Wildman–Crippen LogP) is 1.89. The zero-order chi connectivity index (χ0) is 15.4. The normalized spacial score (nSPS) is 17.5. The first kappa shape index (κ1) is 14.3. The molecule has 5 heteroatoms. The molecule has 1 aliphatic heterocycles. The van der Waals surface area contributed by atoms with Crippen LogP contribution in [0.1, 0.15) is 18.5 Å². The molecule has 2 heterocycles. The van der Waals surface area contributed by atoms with Crippen molar-refractivity contribution >= 4 is 17.5 Å². The topological polar surface area (TPSA) is 62.3 Å². The fourth-order valence-corrected chi connectivity index (χ4v) is 2.64. The molecule has 2 aromatic rings. The van der Waals surface area contributed by atoms with Crippen molar-refractivity contribution in [3.05, 3.63) is 60.4 Å². The van der Waals surface area contributed by atoms with Crippen molar-refractivity contribution in [2.45, 2.75) is 25.4 Å². The van der Waals surface area contributed by atoms with Gasteiger partial charge in [0.2, 0.25) is 11.8 Å². The third-order valence-corrected chi connectivity index (χ3v) is 3.72. The minimum atomic E-state index is -0.446. The second-order valence-corrected chi connectivity index (χ2v) is 5.19. The number of hydrogen-bond donors (Lipinski definition) is 1. The summed E-state index contributed by atoms with van der Waals surface area (Å²) in [5.41, 5.74) is 1.56. The van der Waals surface area contributed by atoms with Gasteiger partial charge in [0, 0.05) is 18.3 Å². The summed E-state index contributed by atoms with van der Waals surface area (Å²) in [6.07, 6.45) is 2.63. The first-order chi connectivity index (χ1) is 10.8. The van der Waals surface area contributed by atoms with Gasteiger partial charge >= 0.3 is 0 Å². The molecule has 3 rings (SSSR count). The van der Waals surface area contributed by atoms with Gasteiger partial charge in [-0.2, -0.15) is 0 Å². The van der Waals surface area contributed by atoms with Crippen molar-refractivity contribution in [3.8, 4) is 0 Å². The Kier molecular flexibility index (Phi) is 4.14. The molecule has 0 saturated carbocycles. The van der Waals surface area contributed by atoms with Gasteiger partial charge in [0.1, 0.15) is 6.04 Å². The van der Waals surface area contributed by atoms with E-state index in [2.05, 4.69) is 10.3 Å². The number of hydrogen-bond acceptors (Lipinski definition) is 3. The molecule has 112 valence electrons. The van der Waals surface area contributed by atoms with Crippen LogP contribution in [0, 0.1) is 0 Å². The zero-order valence-corrected chi connectivity index (χ0v) is 12.1. The Morgan fingerprint density at radius 3 is 2.68 bits per heavy atom. The molecule has 5 nitrogen and oxygen atoms in total. The molecule has 1 saturated heterocycles. The van der Waals surface area contributed by atoms with Crippen molar-refractivity contribution in [3.63, 3.8) is 0 Å². The van der Waals surface area contributed by atoms with Gasteiger partial charge in [-0.05, 0) is 30.7 Å². The van der Waals surface area contributed by atoms with Crippen molar-refractivity contribution in [2.75, 3.05) is 4.90 Å². The van der Waals surface area contributed by atoms with Gasteiger partial charge in [0.25, 0.3) is 0 Å². The molecule has 1 unspecified atom stereocenters. The monoisotopic (exact) mass is 295 g/mol. The number of nitrogens with zero attached hydrogens (tertiary/aromatic N) is 2. The number of carbonyl (C=O) groups is 2. The van der Waals surface area contributed by atoms with Gasteiger partial charge < -0.3 is 5.32 Å². The summed E-state index contributed by atoms with van der Waals surface area (Å²) in [5, 5.41) is 2.87. The van der Waals surface area contributed by atoms with Gasteiger partial charge in [0.05, 0.1) is 12.2 Å². The van der Waals surface area contributed by atoms with Crippen LogP contribution in [0.4, 0.5) is 5.69 Å². The minimum absolute atomic E-state index is 0.0100. The van der Waals surface area contributed by atoms with Gasteiger partial charge in [-0.15, -0.1) is 0 Å². The SMILES string of the molecule is O=C(NCc1ccccn1)C1CCC(=O)N1c1ccccc1. The van der Waals surface area contributed by atoms with Gasteiger partial charge in [-0.3, -0.25) is 19.5 Å². The number of carbonyl (C=O) groups excluding carboxylic acids is 2. The van der Waals surface area contributed by atoms with E-state index in [4.69, 9.17) is 0 Å². The summed E-state index contributed by atoms with van der Waals surface area (Å²) in [6, 6.07) is 14.4. The van der Waals surface area contributed by atoms with Crippen LogP contribution in [0.5, 0.6) is 0 Å². The van der Waals surface area contributed by atoms with E-state index in [1.54, 1.807) is 11.1 Å². The van der Waals surface area contributed by atoms with Crippen LogP contribution in [0.25, 0.3) is 0 Å². The highest BCUT2D eigenvalue weighted by molar-refractivity contribution is 6.03. The summed E-state index contributed by atoms with van der Waals surface area (Å²) < 4.78 is 0. The maximum atomic E-state index is 12.4. The third kappa shape index (κ3) is 2.98. The van der Waals surface area contributed by atoms with Crippen LogP contribution in [-0.2, 0) is 16.1 Å². The third-order valence-electron chi connectivity index (χ3n) is 3.72. The fourth-order valence-electron chi connectivity index (χ4n) is 2.64. The number of nitrogens with one attached hydrogen (secondary N) is 1. The van der Waals surface area contributed by atoms with Gasteiger partial charge in [-0.25, -0.2) is 0 Å². The molecular weight excluding hydrogens is 278 g/mol. The van der Waals surface area contributed by atoms with Crippen LogP contribution in [-0.4, -0.2) is 22.8 Å². The minimum Gasteiger partial charge on any atom is -0.349 e. The molecule has 22 heavy (non-hydrogen) atoms. The molecule has 0 aliphatic carbocycles. The molecule has 0 radical (unpaired) electrons. The summed E-state index contributed by atoms with van der Waals surface area (Å²) in [4.78, 5) is 30.3. The van der Waals surface area contributed by atoms with E-state index in [9.17, 15) is 9.59 Å². The Morgan fingerprint density at radius 2 is 1.95 bits per heavy atom. The highest BCUT2D eigenvalue weighted by atomic mass is 16.2. The van der Waals surface area contributed by atoms with E-state index < -0.39 is 6.04 Å². The fraction of sp³-hybridized carbons (Fsp3) is 0.235. The lowest BCUT2D eigenvalue weighted by molar-refractivity contribution is -0.124. The molecule has 1 atom stereocenters. The molecule has 1 aromatic heterocycles. The van der Waals surface area contributed by atoms with Crippen molar-refractivity contribution in [2.24, 2.45) is 0 Å². The second kappa shape index (κ2) is 6.39. The molecule has 0 bridgehead atoms. The Hall–Kier alpha value is -2.69. The Balaban J connectivity index is 1.70. The average Bonchev–Trinajstić information content (AvgIpc) is 2.96. The Bertz CT molecular complexity index is 658. The average molecular weight is 295 g/mol. The van der Waals surface area contributed by atoms with Crippen molar-refractivity contribution in [1.29, 1.82) is 0 Å². The predicted molar refractivity (Wildman–Crippen MR) is 83.0 cm³/mol. The number of pyridine rings is 1. The number of amides is 2. The van der Waals surface area contributed by atoms with Gasteiger partial charge in [0.15, 0.2) is 0 Å². The molecule has 0 spiro atoms. The lowest BCUT2D eigenvalue weighted by Gasteiger charge is -2.24. The number of aromatic nitrogens is 1. The number of para-hydroxylation sites is 1. The maximum Gasteiger partial charge on any atom is 0.243 e. The highest BCUT2D eigenvalue weighted by Gasteiger charge is 2.36.